The van der Waals surface area contributed by atoms with Crippen LogP contribution in [0.25, 0.3) is 0 Å². The van der Waals surface area contributed by atoms with Crippen molar-refractivity contribution in [1.82, 2.24) is 9.80 Å². The fourth-order valence-corrected chi connectivity index (χ4v) is 5.83. The highest BCUT2D eigenvalue weighted by molar-refractivity contribution is 6.32. The first-order valence-corrected chi connectivity index (χ1v) is 12.6. The van der Waals surface area contributed by atoms with Crippen LogP contribution in [0.5, 0.6) is 11.5 Å². The van der Waals surface area contributed by atoms with Crippen LogP contribution < -0.4 is 9.47 Å². The van der Waals surface area contributed by atoms with Crippen LogP contribution in [-0.4, -0.2) is 55.7 Å². The molecule has 1 unspecified atom stereocenters. The summed E-state index contributed by atoms with van der Waals surface area (Å²) in [6.07, 6.45) is 7.20. The van der Waals surface area contributed by atoms with Gasteiger partial charge in [0, 0.05) is 44.1 Å². The first kappa shape index (κ1) is 22.5. The molecule has 5 nitrogen and oxygen atoms in total. The zero-order chi connectivity index (χ0) is 22.9. The van der Waals surface area contributed by atoms with E-state index in [1.807, 2.05) is 19.2 Å². The Hall–Kier alpha value is -2.24. The first-order valence-electron chi connectivity index (χ1n) is 12.2. The molecule has 0 aromatic heterocycles. The summed E-state index contributed by atoms with van der Waals surface area (Å²) >= 11 is 6.64. The summed E-state index contributed by atoms with van der Waals surface area (Å²) in [5.74, 6) is 1.60. The quantitative estimate of drug-likeness (QED) is 0.583. The summed E-state index contributed by atoms with van der Waals surface area (Å²) in [6.45, 7) is 2.57. The SMILES string of the molecule is CN1CCc2cc(Cl)c(OC(=O)N(C)C3CCCCC3)cc2C(c2cccc3c2OCC3)C1. The van der Waals surface area contributed by atoms with E-state index in [4.69, 9.17) is 21.1 Å². The highest BCUT2D eigenvalue weighted by Crippen LogP contribution is 2.42. The Balaban J connectivity index is 1.47. The Morgan fingerprint density at radius 3 is 2.76 bits per heavy atom. The van der Waals surface area contributed by atoms with Crippen molar-refractivity contribution in [3.8, 4) is 11.5 Å². The summed E-state index contributed by atoms with van der Waals surface area (Å²) < 4.78 is 11.9. The highest BCUT2D eigenvalue weighted by atomic mass is 35.5. The van der Waals surface area contributed by atoms with Crippen molar-refractivity contribution in [1.29, 1.82) is 0 Å². The number of fused-ring (bicyclic) bond motifs is 2. The van der Waals surface area contributed by atoms with Gasteiger partial charge in [-0.15, -0.1) is 0 Å². The van der Waals surface area contributed by atoms with E-state index in [1.165, 1.54) is 41.5 Å². The number of ether oxygens (including phenoxy) is 2. The fourth-order valence-electron chi connectivity index (χ4n) is 5.61. The number of hydrogen-bond donors (Lipinski definition) is 0. The number of carbonyl (C=O) groups is 1. The summed E-state index contributed by atoms with van der Waals surface area (Å²) in [5, 5.41) is 0.497. The molecule has 0 N–H and O–H groups in total. The third-order valence-electron chi connectivity index (χ3n) is 7.55. The third kappa shape index (κ3) is 4.58. The third-order valence-corrected chi connectivity index (χ3v) is 7.85. The lowest BCUT2D eigenvalue weighted by Crippen LogP contribution is -2.40. The van der Waals surface area contributed by atoms with Gasteiger partial charge >= 0.3 is 6.09 Å². The van der Waals surface area contributed by atoms with Gasteiger partial charge < -0.3 is 19.3 Å². The molecule has 0 bridgehead atoms. The van der Waals surface area contributed by atoms with E-state index in [0.717, 1.165) is 51.1 Å². The molecule has 0 radical (unpaired) electrons. The number of carbonyl (C=O) groups excluding carboxylic acids is 1. The van der Waals surface area contributed by atoms with Crippen LogP contribution >= 0.6 is 11.6 Å². The molecular weight excluding hydrogens is 436 g/mol. The summed E-state index contributed by atoms with van der Waals surface area (Å²) in [5.41, 5.74) is 4.87. The Labute approximate surface area is 201 Å². The smallest absolute Gasteiger partial charge is 0.415 e. The normalized spacial score (nSPS) is 21.0. The zero-order valence-corrected chi connectivity index (χ0v) is 20.4. The van der Waals surface area contributed by atoms with E-state index in [0.29, 0.717) is 10.8 Å². The number of halogens is 1. The van der Waals surface area contributed by atoms with Crippen LogP contribution in [-0.2, 0) is 12.8 Å². The number of benzene rings is 2. The molecule has 176 valence electrons. The van der Waals surface area contributed by atoms with Gasteiger partial charge in [0.25, 0.3) is 0 Å². The van der Waals surface area contributed by atoms with Gasteiger partial charge in [-0.25, -0.2) is 4.79 Å². The van der Waals surface area contributed by atoms with Crippen molar-refractivity contribution < 1.29 is 14.3 Å². The second-order valence-electron chi connectivity index (χ2n) is 9.75. The Bertz CT molecular complexity index is 1030. The van der Waals surface area contributed by atoms with Gasteiger partial charge in [-0.3, -0.25) is 0 Å². The molecule has 2 aliphatic heterocycles. The van der Waals surface area contributed by atoms with Crippen molar-refractivity contribution in [3.63, 3.8) is 0 Å². The minimum atomic E-state index is -0.324. The van der Waals surface area contributed by atoms with E-state index < -0.39 is 0 Å². The minimum absolute atomic E-state index is 0.131. The molecule has 5 rings (SSSR count). The summed E-state index contributed by atoms with van der Waals surface area (Å²) in [7, 11) is 4.00. The number of nitrogens with zero attached hydrogens (tertiary/aromatic N) is 2. The largest absolute Gasteiger partial charge is 0.493 e. The Morgan fingerprint density at radius 1 is 1.12 bits per heavy atom. The van der Waals surface area contributed by atoms with Crippen molar-refractivity contribution in [2.24, 2.45) is 0 Å². The number of rotatable bonds is 3. The van der Waals surface area contributed by atoms with Gasteiger partial charge in [0.1, 0.15) is 5.75 Å². The van der Waals surface area contributed by atoms with Crippen molar-refractivity contribution >= 4 is 17.7 Å². The van der Waals surface area contributed by atoms with Crippen LogP contribution in [0.1, 0.15) is 60.3 Å². The van der Waals surface area contributed by atoms with Crippen LogP contribution in [0.4, 0.5) is 4.79 Å². The zero-order valence-electron chi connectivity index (χ0n) is 19.6. The topological polar surface area (TPSA) is 42.0 Å². The average Bonchev–Trinajstić information content (AvgIpc) is 3.26. The van der Waals surface area contributed by atoms with Crippen LogP contribution in [0, 0.1) is 0 Å². The highest BCUT2D eigenvalue weighted by Gasteiger charge is 2.30. The van der Waals surface area contributed by atoms with E-state index in [2.05, 4.69) is 30.1 Å². The molecular formula is C27H33ClN2O3. The van der Waals surface area contributed by atoms with Crippen LogP contribution in [0.3, 0.4) is 0 Å². The molecule has 33 heavy (non-hydrogen) atoms. The number of likely N-dealkylation sites (N-methyl/N-ethyl adjacent to an activating group) is 1. The van der Waals surface area contributed by atoms with Crippen LogP contribution in [0.15, 0.2) is 30.3 Å². The molecule has 1 fully saturated rings. The molecule has 0 saturated heterocycles. The maximum atomic E-state index is 13.0. The molecule has 6 heteroatoms. The second-order valence-corrected chi connectivity index (χ2v) is 10.2. The standard InChI is InChI=1S/C27H33ClN2O3/c1-29-13-11-19-15-24(28)25(33-27(31)30(2)20-8-4-3-5-9-20)16-22(19)23(17-29)21-10-6-7-18-12-14-32-26(18)21/h6-7,10,15-16,20,23H,3-5,8-9,11-14,17H2,1-2H3. The molecule has 1 amide bonds. The maximum Gasteiger partial charge on any atom is 0.415 e. The van der Waals surface area contributed by atoms with E-state index >= 15 is 0 Å². The lowest BCUT2D eigenvalue weighted by molar-refractivity contribution is 0.133. The summed E-state index contributed by atoms with van der Waals surface area (Å²) in [6, 6.07) is 10.7. The summed E-state index contributed by atoms with van der Waals surface area (Å²) in [4.78, 5) is 17.1. The minimum Gasteiger partial charge on any atom is -0.493 e. The maximum absolute atomic E-state index is 13.0. The molecule has 2 aromatic rings. The van der Waals surface area contributed by atoms with Gasteiger partial charge in [-0.05, 0) is 55.1 Å². The monoisotopic (exact) mass is 468 g/mol. The van der Waals surface area contributed by atoms with Crippen molar-refractivity contribution in [3.05, 3.63) is 57.6 Å². The van der Waals surface area contributed by atoms with Crippen molar-refractivity contribution in [2.75, 3.05) is 33.8 Å². The molecule has 1 saturated carbocycles. The Morgan fingerprint density at radius 2 is 1.94 bits per heavy atom. The Kier molecular flexibility index (Phi) is 6.53. The van der Waals surface area contributed by atoms with Crippen LogP contribution in [0.2, 0.25) is 5.02 Å². The molecule has 3 aliphatic rings. The number of para-hydroxylation sites is 1. The van der Waals surface area contributed by atoms with E-state index in [1.54, 1.807) is 4.90 Å². The van der Waals surface area contributed by atoms with Gasteiger partial charge in [0.2, 0.25) is 0 Å². The van der Waals surface area contributed by atoms with Gasteiger partial charge in [-0.2, -0.15) is 0 Å². The van der Waals surface area contributed by atoms with E-state index in [-0.39, 0.29) is 18.1 Å². The second kappa shape index (κ2) is 9.55. The molecule has 0 spiro atoms. The van der Waals surface area contributed by atoms with Gasteiger partial charge in [0.05, 0.1) is 11.6 Å². The predicted molar refractivity (Wildman–Crippen MR) is 131 cm³/mol. The average molecular weight is 469 g/mol. The number of hydrogen-bond acceptors (Lipinski definition) is 4. The molecule has 1 atom stereocenters. The molecule has 1 aliphatic carbocycles. The van der Waals surface area contributed by atoms with Gasteiger partial charge in [-0.1, -0.05) is 49.1 Å². The molecule has 2 aromatic carbocycles. The van der Waals surface area contributed by atoms with E-state index in [9.17, 15) is 4.79 Å². The first-order chi connectivity index (χ1) is 16.0. The number of amides is 1. The lowest BCUT2D eigenvalue weighted by atomic mass is 9.86. The fraction of sp³-hybridized carbons (Fsp3) is 0.519. The van der Waals surface area contributed by atoms with Gasteiger partial charge in [0.15, 0.2) is 5.75 Å². The molecule has 2 heterocycles. The van der Waals surface area contributed by atoms with Crippen molar-refractivity contribution in [2.45, 2.75) is 56.9 Å². The predicted octanol–water partition coefficient (Wildman–Crippen LogP) is 5.66. The lowest BCUT2D eigenvalue weighted by Gasteiger charge is -2.30.